The normalized spacial score (nSPS) is 21.2. The quantitative estimate of drug-likeness (QED) is 0.901. The summed E-state index contributed by atoms with van der Waals surface area (Å²) in [4.78, 5) is 0. The standard InChI is InChI=1S/C15H21NOS/c1-15(6-9-18-10-7-15)11-17-13-4-2-3-12-5-8-16-14(12)13/h2-4,16H,5-11H2,1H3. The van der Waals surface area contributed by atoms with E-state index in [4.69, 9.17) is 4.74 Å². The van der Waals surface area contributed by atoms with Crippen molar-refractivity contribution in [3.05, 3.63) is 23.8 Å². The fraction of sp³-hybridized carbons (Fsp3) is 0.600. The van der Waals surface area contributed by atoms with Crippen LogP contribution in [-0.2, 0) is 6.42 Å². The van der Waals surface area contributed by atoms with Gasteiger partial charge in [0.25, 0.3) is 0 Å². The van der Waals surface area contributed by atoms with Gasteiger partial charge in [-0.1, -0.05) is 19.1 Å². The first-order valence-electron chi connectivity index (χ1n) is 6.83. The lowest BCUT2D eigenvalue weighted by atomic mass is 9.85. The molecule has 18 heavy (non-hydrogen) atoms. The van der Waals surface area contributed by atoms with Crippen molar-refractivity contribution in [3.8, 4) is 5.75 Å². The lowest BCUT2D eigenvalue weighted by Gasteiger charge is -2.33. The minimum Gasteiger partial charge on any atom is -0.491 e. The van der Waals surface area contributed by atoms with E-state index >= 15 is 0 Å². The predicted octanol–water partition coefficient (Wildman–Crippen LogP) is 3.57. The van der Waals surface area contributed by atoms with E-state index in [9.17, 15) is 0 Å². The summed E-state index contributed by atoms with van der Waals surface area (Å²) >= 11 is 2.07. The maximum Gasteiger partial charge on any atom is 0.142 e. The molecule has 1 N–H and O–H groups in total. The Balaban J connectivity index is 1.68. The summed E-state index contributed by atoms with van der Waals surface area (Å²) in [5, 5.41) is 3.44. The average molecular weight is 263 g/mol. The van der Waals surface area contributed by atoms with Crippen molar-refractivity contribution in [2.45, 2.75) is 26.2 Å². The van der Waals surface area contributed by atoms with Gasteiger partial charge >= 0.3 is 0 Å². The van der Waals surface area contributed by atoms with Crippen molar-refractivity contribution in [2.24, 2.45) is 5.41 Å². The Hall–Kier alpha value is -0.830. The molecule has 1 fully saturated rings. The van der Waals surface area contributed by atoms with Gasteiger partial charge in [-0.25, -0.2) is 0 Å². The second-order valence-corrected chi connectivity index (χ2v) is 6.90. The highest BCUT2D eigenvalue weighted by Crippen LogP contribution is 2.37. The van der Waals surface area contributed by atoms with E-state index in [-0.39, 0.29) is 0 Å². The molecule has 1 aromatic rings. The molecule has 3 heteroatoms. The molecule has 0 saturated carbocycles. The number of thioether (sulfide) groups is 1. The minimum absolute atomic E-state index is 0.368. The molecule has 98 valence electrons. The molecule has 0 aliphatic carbocycles. The van der Waals surface area contributed by atoms with Crippen LogP contribution < -0.4 is 10.1 Å². The number of rotatable bonds is 3. The van der Waals surface area contributed by atoms with Crippen LogP contribution in [0.5, 0.6) is 5.75 Å². The van der Waals surface area contributed by atoms with Crippen LogP contribution in [0.25, 0.3) is 0 Å². The van der Waals surface area contributed by atoms with Gasteiger partial charge in [0.2, 0.25) is 0 Å². The van der Waals surface area contributed by atoms with Gasteiger partial charge in [-0.2, -0.15) is 11.8 Å². The van der Waals surface area contributed by atoms with Gasteiger partial charge in [0.1, 0.15) is 5.75 Å². The minimum atomic E-state index is 0.368. The third kappa shape index (κ3) is 2.46. The molecule has 1 aromatic carbocycles. The Labute approximate surface area is 113 Å². The van der Waals surface area contributed by atoms with Gasteiger partial charge < -0.3 is 10.1 Å². The first-order valence-corrected chi connectivity index (χ1v) is 7.99. The SMILES string of the molecule is CC1(COc2cccc3c2NCC3)CCSCC1. The van der Waals surface area contributed by atoms with Gasteiger partial charge in [-0.3, -0.25) is 0 Å². The Morgan fingerprint density at radius 2 is 2.17 bits per heavy atom. The Bertz CT molecular complexity index is 427. The summed E-state index contributed by atoms with van der Waals surface area (Å²) in [5.41, 5.74) is 3.00. The first kappa shape index (κ1) is 12.2. The summed E-state index contributed by atoms with van der Waals surface area (Å²) in [5.74, 6) is 3.61. The highest BCUT2D eigenvalue weighted by Gasteiger charge is 2.28. The third-order valence-electron chi connectivity index (χ3n) is 4.08. The lowest BCUT2D eigenvalue weighted by molar-refractivity contribution is 0.152. The molecule has 0 bridgehead atoms. The van der Waals surface area contributed by atoms with Crippen LogP contribution in [0.4, 0.5) is 5.69 Å². The second kappa shape index (κ2) is 5.04. The van der Waals surface area contributed by atoms with E-state index in [1.165, 1.54) is 35.6 Å². The van der Waals surface area contributed by atoms with Crippen LogP contribution in [0.15, 0.2) is 18.2 Å². The van der Waals surface area contributed by atoms with E-state index in [2.05, 4.69) is 42.2 Å². The summed E-state index contributed by atoms with van der Waals surface area (Å²) in [6.45, 7) is 4.26. The smallest absolute Gasteiger partial charge is 0.142 e. The predicted molar refractivity (Wildman–Crippen MR) is 78.8 cm³/mol. The maximum absolute atomic E-state index is 6.12. The largest absolute Gasteiger partial charge is 0.491 e. The summed E-state index contributed by atoms with van der Waals surface area (Å²) in [6.07, 6.45) is 3.68. The molecule has 0 unspecified atom stereocenters. The van der Waals surface area contributed by atoms with Crippen LogP contribution in [0.2, 0.25) is 0 Å². The maximum atomic E-state index is 6.12. The molecule has 3 rings (SSSR count). The molecule has 0 amide bonds. The summed E-state index contributed by atoms with van der Waals surface area (Å²) in [6, 6.07) is 6.40. The number of anilines is 1. The van der Waals surface area contributed by atoms with Crippen molar-refractivity contribution in [1.82, 2.24) is 0 Å². The van der Waals surface area contributed by atoms with Crippen LogP contribution in [-0.4, -0.2) is 24.7 Å². The van der Waals surface area contributed by atoms with E-state index in [1.807, 2.05) is 0 Å². The van der Waals surface area contributed by atoms with Crippen LogP contribution in [0.1, 0.15) is 25.3 Å². The highest BCUT2D eigenvalue weighted by molar-refractivity contribution is 7.99. The monoisotopic (exact) mass is 263 g/mol. The van der Waals surface area contributed by atoms with E-state index in [0.717, 1.165) is 25.3 Å². The molecule has 2 nitrogen and oxygen atoms in total. The number of para-hydroxylation sites is 1. The molecule has 0 spiro atoms. The van der Waals surface area contributed by atoms with Crippen molar-refractivity contribution in [3.63, 3.8) is 0 Å². The van der Waals surface area contributed by atoms with E-state index < -0.39 is 0 Å². The number of hydrogen-bond donors (Lipinski definition) is 1. The zero-order valence-electron chi connectivity index (χ0n) is 11.0. The molecule has 2 aliphatic rings. The van der Waals surface area contributed by atoms with Gasteiger partial charge in [0.15, 0.2) is 0 Å². The Kier molecular flexibility index (Phi) is 3.42. The summed E-state index contributed by atoms with van der Waals surface area (Å²) in [7, 11) is 0. The lowest BCUT2D eigenvalue weighted by Crippen LogP contribution is -2.29. The Morgan fingerprint density at radius 3 is 3.00 bits per heavy atom. The molecule has 0 aromatic heterocycles. The second-order valence-electron chi connectivity index (χ2n) is 5.68. The molecule has 2 heterocycles. The highest BCUT2D eigenvalue weighted by atomic mass is 32.2. The van der Waals surface area contributed by atoms with Crippen LogP contribution >= 0.6 is 11.8 Å². The Morgan fingerprint density at radius 1 is 1.33 bits per heavy atom. The fourth-order valence-electron chi connectivity index (χ4n) is 2.69. The van der Waals surface area contributed by atoms with E-state index in [0.29, 0.717) is 5.41 Å². The zero-order valence-corrected chi connectivity index (χ0v) is 11.8. The van der Waals surface area contributed by atoms with Gasteiger partial charge in [0.05, 0.1) is 12.3 Å². The number of benzene rings is 1. The van der Waals surface area contributed by atoms with E-state index in [1.54, 1.807) is 0 Å². The number of hydrogen-bond acceptors (Lipinski definition) is 3. The van der Waals surface area contributed by atoms with Crippen molar-refractivity contribution in [2.75, 3.05) is 30.0 Å². The van der Waals surface area contributed by atoms with Crippen molar-refractivity contribution in [1.29, 1.82) is 0 Å². The first-order chi connectivity index (χ1) is 8.77. The van der Waals surface area contributed by atoms with Crippen LogP contribution in [0, 0.1) is 5.41 Å². The molecule has 1 saturated heterocycles. The van der Waals surface area contributed by atoms with Crippen molar-refractivity contribution < 1.29 is 4.74 Å². The molecule has 2 aliphatic heterocycles. The molecule has 0 radical (unpaired) electrons. The third-order valence-corrected chi connectivity index (χ3v) is 5.07. The molecular formula is C15H21NOS. The zero-order chi connectivity index (χ0) is 12.4. The van der Waals surface area contributed by atoms with Gasteiger partial charge in [0, 0.05) is 12.0 Å². The van der Waals surface area contributed by atoms with Crippen LogP contribution in [0.3, 0.4) is 0 Å². The number of nitrogens with one attached hydrogen (secondary N) is 1. The number of ether oxygens (including phenoxy) is 1. The van der Waals surface area contributed by atoms with Gasteiger partial charge in [-0.05, 0) is 42.4 Å². The fourth-order valence-corrected chi connectivity index (χ4v) is 4.17. The molecule has 0 atom stereocenters. The molecular weight excluding hydrogens is 242 g/mol. The summed E-state index contributed by atoms with van der Waals surface area (Å²) < 4.78 is 6.12. The van der Waals surface area contributed by atoms with Gasteiger partial charge in [-0.15, -0.1) is 0 Å². The topological polar surface area (TPSA) is 21.3 Å². The van der Waals surface area contributed by atoms with Crippen molar-refractivity contribution >= 4 is 17.4 Å². The number of fused-ring (bicyclic) bond motifs is 1. The average Bonchev–Trinajstić information content (AvgIpc) is 2.86.